The Hall–Kier alpha value is -5.65. The van der Waals surface area contributed by atoms with E-state index in [2.05, 4.69) is 58.6 Å². The minimum atomic E-state index is -3.51. The van der Waals surface area contributed by atoms with E-state index in [0.29, 0.717) is 37.5 Å². The lowest BCUT2D eigenvalue weighted by Crippen LogP contribution is -2.52. The minimum Gasteiger partial charge on any atom is -0.446 e. The summed E-state index contributed by atoms with van der Waals surface area (Å²) in [5.41, 5.74) is 1.19. The number of benzene rings is 1. The molecule has 0 spiro atoms. The Bertz CT molecular complexity index is 2340. The molecule has 5 aliphatic rings. The Kier molecular flexibility index (Phi) is 20.2. The van der Waals surface area contributed by atoms with Gasteiger partial charge in [0, 0.05) is 63.6 Å². The van der Waals surface area contributed by atoms with Gasteiger partial charge in [-0.1, -0.05) is 55.0 Å². The topological polar surface area (TPSA) is 256 Å². The molecule has 7 unspecified atom stereocenters. The van der Waals surface area contributed by atoms with Gasteiger partial charge >= 0.3 is 6.09 Å². The van der Waals surface area contributed by atoms with Crippen LogP contribution >= 0.6 is 0 Å². The maximum absolute atomic E-state index is 13.2. The second-order valence-electron chi connectivity index (χ2n) is 20.3. The molecular formula is C52H73N9O10S. The average Bonchev–Trinajstić information content (AvgIpc) is 3.87. The van der Waals surface area contributed by atoms with E-state index in [-0.39, 0.29) is 56.1 Å². The molecule has 1 aliphatic heterocycles. The highest BCUT2D eigenvalue weighted by atomic mass is 32.2. The molecule has 2 heterocycles. The third-order valence-corrected chi connectivity index (χ3v) is 16.2. The fourth-order valence-electron chi connectivity index (χ4n) is 11.8. The van der Waals surface area contributed by atoms with Gasteiger partial charge in [-0.3, -0.25) is 24.0 Å². The van der Waals surface area contributed by atoms with Crippen molar-refractivity contribution in [3.8, 4) is 11.8 Å². The SMILES string of the molecule is CS(=O)(=O)c1ncc(C#CCCCC(=O)NCC(=O)NCC(=O)N[C@@H](Cc2ccccc2)C(=O)NCC(=O)NCOCCN2CCC(NC(=O)OC3CCC4C(CCC5C6CCCC6CCC45)C3)CC2)cn1. The van der Waals surface area contributed by atoms with Crippen LogP contribution in [0.25, 0.3) is 0 Å². The van der Waals surface area contributed by atoms with Crippen LogP contribution in [0.5, 0.6) is 0 Å². The predicted octanol–water partition coefficient (Wildman–Crippen LogP) is 2.78. The van der Waals surface area contributed by atoms with Crippen molar-refractivity contribution in [3.63, 3.8) is 0 Å². The number of carbonyl (C=O) groups is 6. The van der Waals surface area contributed by atoms with Gasteiger partial charge in [-0.15, -0.1) is 0 Å². The summed E-state index contributed by atoms with van der Waals surface area (Å²) in [4.78, 5) is 86.2. The molecule has 4 aliphatic carbocycles. The number of nitrogens with zero attached hydrogens (tertiary/aromatic N) is 3. The van der Waals surface area contributed by atoms with Crippen LogP contribution in [0.3, 0.4) is 0 Å². The van der Waals surface area contributed by atoms with E-state index in [9.17, 15) is 37.2 Å². The van der Waals surface area contributed by atoms with E-state index in [1.165, 1.54) is 63.8 Å². The zero-order valence-electron chi connectivity index (χ0n) is 41.5. The quantitative estimate of drug-likeness (QED) is 0.0456. The van der Waals surface area contributed by atoms with Crippen molar-refractivity contribution in [3.05, 3.63) is 53.9 Å². The van der Waals surface area contributed by atoms with Gasteiger partial charge in [-0.25, -0.2) is 23.2 Å². The van der Waals surface area contributed by atoms with Crippen molar-refractivity contribution < 1.29 is 46.7 Å². The molecule has 6 amide bonds. The molecule has 2 aromatic rings. The summed E-state index contributed by atoms with van der Waals surface area (Å²) < 4.78 is 34.7. The van der Waals surface area contributed by atoms with E-state index in [4.69, 9.17) is 9.47 Å². The number of ether oxygens (including phenoxy) is 2. The van der Waals surface area contributed by atoms with Gasteiger partial charge in [0.05, 0.1) is 31.8 Å². The number of nitrogens with one attached hydrogen (secondary N) is 6. The second kappa shape index (κ2) is 26.9. The van der Waals surface area contributed by atoms with Gasteiger partial charge in [0.15, 0.2) is 0 Å². The van der Waals surface area contributed by atoms with Crippen LogP contribution in [0.15, 0.2) is 47.9 Å². The summed E-state index contributed by atoms with van der Waals surface area (Å²) in [5, 5.41) is 15.6. The van der Waals surface area contributed by atoms with Crippen molar-refractivity contribution >= 4 is 45.5 Å². The molecule has 0 bridgehead atoms. The second-order valence-corrected chi connectivity index (χ2v) is 22.2. The molecule has 1 aromatic carbocycles. The summed E-state index contributed by atoms with van der Waals surface area (Å²) in [7, 11) is -3.51. The van der Waals surface area contributed by atoms with E-state index < -0.39 is 52.0 Å². The smallest absolute Gasteiger partial charge is 0.407 e. The molecule has 8 atom stereocenters. The molecule has 4 saturated carbocycles. The zero-order valence-corrected chi connectivity index (χ0v) is 42.4. The maximum Gasteiger partial charge on any atom is 0.407 e. The van der Waals surface area contributed by atoms with Gasteiger partial charge in [-0.05, 0) is 112 Å². The number of rotatable bonds is 21. The summed E-state index contributed by atoms with van der Waals surface area (Å²) in [6.45, 7) is 1.44. The van der Waals surface area contributed by atoms with Gasteiger partial charge in [0.1, 0.15) is 18.9 Å². The van der Waals surface area contributed by atoms with Crippen LogP contribution in [0, 0.1) is 47.3 Å². The van der Waals surface area contributed by atoms with Crippen molar-refractivity contribution in [2.75, 3.05) is 58.9 Å². The lowest BCUT2D eigenvalue weighted by atomic mass is 9.53. The summed E-state index contributed by atoms with van der Waals surface area (Å²) in [6.07, 6.45) is 19.1. The predicted molar refractivity (Wildman–Crippen MR) is 266 cm³/mol. The van der Waals surface area contributed by atoms with Crippen molar-refractivity contribution in [2.24, 2.45) is 35.5 Å². The lowest BCUT2D eigenvalue weighted by molar-refractivity contribution is -0.131. The standard InChI is InChI=1S/C52H73N9O10S/c1-72(68,69)51-56-29-36(30-57-51)11-6-3-7-14-46(62)53-31-47(63)54-33-49(65)60-45(27-35-9-4-2-5-10-35)50(66)55-32-48(64)58-34-70-26-25-61-23-21-39(22-24-61)59-52(67)71-40-17-20-42-38(28-40)16-19-43-41-13-8-12-37(41)15-18-44(42)43/h2,4-5,9-10,29-30,37-45H,3,7-8,12-28,31-34H2,1H3,(H,53,62)(H,54,63)(H,55,66)(H,58,64)(H,59,67)(H,60,65)/t37?,38?,40?,41?,42?,43?,44?,45-/m0/s1. The number of carbonyl (C=O) groups excluding carboxylic acids is 6. The van der Waals surface area contributed by atoms with Crippen LogP contribution in [0.4, 0.5) is 4.79 Å². The average molecular weight is 1020 g/mol. The largest absolute Gasteiger partial charge is 0.446 e. The van der Waals surface area contributed by atoms with Crippen molar-refractivity contribution in [1.82, 2.24) is 46.8 Å². The molecule has 0 radical (unpaired) electrons. The van der Waals surface area contributed by atoms with E-state index in [1.807, 2.05) is 6.07 Å². The number of hydrogen-bond acceptors (Lipinski definition) is 13. The van der Waals surface area contributed by atoms with Gasteiger partial charge in [0.2, 0.25) is 44.5 Å². The molecule has 19 nitrogen and oxygen atoms in total. The monoisotopic (exact) mass is 1020 g/mol. The maximum atomic E-state index is 13.2. The Balaban J connectivity index is 0.712. The number of hydrogen-bond donors (Lipinski definition) is 6. The Morgan fingerprint density at radius 1 is 0.750 bits per heavy atom. The first-order chi connectivity index (χ1) is 34.8. The fourth-order valence-corrected chi connectivity index (χ4v) is 12.3. The fraction of sp³-hybridized carbons (Fsp3) is 0.654. The van der Waals surface area contributed by atoms with Gasteiger partial charge in [-0.2, -0.15) is 0 Å². The van der Waals surface area contributed by atoms with Crippen molar-refractivity contribution in [1.29, 1.82) is 0 Å². The summed E-state index contributed by atoms with van der Waals surface area (Å²) in [6, 6.07) is 8.03. The molecule has 1 aromatic heterocycles. The number of alkyl carbamates (subject to hydrolysis) is 1. The highest BCUT2D eigenvalue weighted by Gasteiger charge is 2.49. The van der Waals surface area contributed by atoms with Crippen LogP contribution in [0.1, 0.15) is 107 Å². The highest BCUT2D eigenvalue weighted by molar-refractivity contribution is 7.90. The number of sulfone groups is 1. The Morgan fingerprint density at radius 3 is 2.17 bits per heavy atom. The molecule has 5 fully saturated rings. The first kappa shape index (κ1) is 54.1. The number of amides is 6. The van der Waals surface area contributed by atoms with E-state index >= 15 is 0 Å². The van der Waals surface area contributed by atoms with Gasteiger partial charge in [0.25, 0.3) is 0 Å². The molecular weight excluding hydrogens is 943 g/mol. The van der Waals surface area contributed by atoms with Crippen LogP contribution in [0.2, 0.25) is 0 Å². The number of likely N-dealkylation sites (tertiary alicyclic amines) is 1. The summed E-state index contributed by atoms with van der Waals surface area (Å²) >= 11 is 0. The van der Waals surface area contributed by atoms with Crippen LogP contribution in [-0.2, 0) is 49.7 Å². The van der Waals surface area contributed by atoms with Crippen LogP contribution < -0.4 is 31.9 Å². The highest BCUT2D eigenvalue weighted by Crippen LogP contribution is 2.58. The Morgan fingerprint density at radius 2 is 1.42 bits per heavy atom. The number of piperidine rings is 1. The molecule has 392 valence electrons. The minimum absolute atomic E-state index is 0.0216. The number of fused-ring (bicyclic) bond motifs is 5. The van der Waals surface area contributed by atoms with Gasteiger partial charge < -0.3 is 46.3 Å². The normalized spacial score (nSPS) is 24.3. The Labute approximate surface area is 423 Å². The number of aromatic nitrogens is 2. The third-order valence-electron chi connectivity index (χ3n) is 15.4. The first-order valence-corrected chi connectivity index (χ1v) is 27.9. The third kappa shape index (κ3) is 16.7. The molecule has 7 rings (SSSR count). The van der Waals surface area contributed by atoms with Crippen molar-refractivity contribution in [2.45, 2.75) is 126 Å². The summed E-state index contributed by atoms with van der Waals surface area (Å²) in [5.74, 6) is 8.29. The molecule has 6 N–H and O–H groups in total. The number of unbranched alkanes of at least 4 members (excludes halogenated alkanes) is 1. The van der Waals surface area contributed by atoms with Crippen LogP contribution in [-0.4, -0.2) is 136 Å². The zero-order chi connectivity index (χ0) is 50.9. The first-order valence-electron chi connectivity index (χ1n) is 26.0. The molecule has 1 saturated heterocycles. The van der Waals surface area contributed by atoms with E-state index in [0.717, 1.165) is 80.2 Å². The molecule has 20 heteroatoms. The lowest BCUT2D eigenvalue weighted by Gasteiger charge is -2.52. The molecule has 72 heavy (non-hydrogen) atoms. The van der Waals surface area contributed by atoms with E-state index in [1.54, 1.807) is 24.3 Å².